The summed E-state index contributed by atoms with van der Waals surface area (Å²) in [6.45, 7) is 3.11. The predicted molar refractivity (Wildman–Crippen MR) is 107 cm³/mol. The highest BCUT2D eigenvalue weighted by Crippen LogP contribution is 2.41. The van der Waals surface area contributed by atoms with Crippen LogP contribution >= 0.6 is 0 Å². The Balaban J connectivity index is 1.35. The van der Waals surface area contributed by atoms with Crippen LogP contribution in [0.25, 0.3) is 0 Å². The van der Waals surface area contributed by atoms with Crippen LogP contribution in [0.4, 0.5) is 0 Å². The Bertz CT molecular complexity index is 700. The lowest BCUT2D eigenvalue weighted by atomic mass is 9.72. The number of piperidine rings is 2. The molecule has 1 aliphatic carbocycles. The topological polar surface area (TPSA) is 79.5 Å². The van der Waals surface area contributed by atoms with Crippen LogP contribution in [-0.4, -0.2) is 52.3 Å². The molecule has 2 aliphatic heterocycles. The van der Waals surface area contributed by atoms with E-state index in [1.165, 1.54) is 0 Å². The number of pyridine rings is 1. The second kappa shape index (κ2) is 8.19. The molecule has 3 fully saturated rings. The van der Waals surface area contributed by atoms with Crippen LogP contribution in [0.1, 0.15) is 56.9 Å². The van der Waals surface area contributed by atoms with Gasteiger partial charge in [-0.05, 0) is 61.6 Å². The van der Waals surface area contributed by atoms with Crippen LogP contribution in [-0.2, 0) is 16.1 Å². The third-order valence-electron chi connectivity index (χ3n) is 7.07. The van der Waals surface area contributed by atoms with Crippen molar-refractivity contribution in [2.24, 2.45) is 17.1 Å². The van der Waals surface area contributed by atoms with Crippen molar-refractivity contribution in [3.63, 3.8) is 0 Å². The number of amides is 2. The molecule has 1 aromatic rings. The molecule has 1 spiro atoms. The summed E-state index contributed by atoms with van der Waals surface area (Å²) in [7, 11) is 0. The van der Waals surface area contributed by atoms with E-state index in [-0.39, 0.29) is 23.3 Å². The van der Waals surface area contributed by atoms with Crippen molar-refractivity contribution in [3.8, 4) is 0 Å². The molecule has 4 rings (SSSR count). The first-order valence-electron chi connectivity index (χ1n) is 10.8. The smallest absolute Gasteiger partial charge is 0.225 e. The van der Waals surface area contributed by atoms with Gasteiger partial charge in [0.15, 0.2) is 0 Å². The van der Waals surface area contributed by atoms with Crippen LogP contribution in [0, 0.1) is 11.3 Å². The maximum absolute atomic E-state index is 12.9. The van der Waals surface area contributed by atoms with E-state index in [4.69, 9.17) is 5.73 Å². The first kappa shape index (κ1) is 19.4. The molecule has 0 radical (unpaired) electrons. The number of carbonyl (C=O) groups excluding carboxylic acids is 2. The Morgan fingerprint density at radius 1 is 1.18 bits per heavy atom. The number of nitrogens with zero attached hydrogens (tertiary/aromatic N) is 3. The first-order valence-corrected chi connectivity index (χ1v) is 10.8. The van der Waals surface area contributed by atoms with E-state index in [0.29, 0.717) is 18.9 Å². The van der Waals surface area contributed by atoms with E-state index < -0.39 is 0 Å². The fraction of sp³-hybridized carbons (Fsp3) is 0.682. The SMILES string of the molecule is N[C@H]1CCC[C@@H](C(=O)N2CCC3(CCC(=O)N(Cc4ccncc4)C3)CC2)C1. The number of likely N-dealkylation sites (tertiary alicyclic amines) is 2. The Morgan fingerprint density at radius 3 is 2.64 bits per heavy atom. The van der Waals surface area contributed by atoms with Crippen LogP contribution in [0.5, 0.6) is 0 Å². The van der Waals surface area contributed by atoms with Gasteiger partial charge < -0.3 is 15.5 Å². The standard InChI is InChI=1S/C22H32N4O2/c23-19-3-1-2-18(14-19)21(28)25-12-8-22(9-13-25)7-4-20(27)26(16-22)15-17-5-10-24-11-6-17/h5-6,10-11,18-19H,1-4,7-9,12-16,23H2/t18-,19+/m1/s1. The zero-order valence-electron chi connectivity index (χ0n) is 16.7. The van der Waals surface area contributed by atoms with Crippen LogP contribution in [0.15, 0.2) is 24.5 Å². The Labute approximate surface area is 167 Å². The Morgan fingerprint density at radius 2 is 1.93 bits per heavy atom. The van der Waals surface area contributed by atoms with Gasteiger partial charge in [0.2, 0.25) is 11.8 Å². The second-order valence-electron chi connectivity index (χ2n) is 9.05. The summed E-state index contributed by atoms with van der Waals surface area (Å²) in [6, 6.07) is 4.14. The molecule has 28 heavy (non-hydrogen) atoms. The van der Waals surface area contributed by atoms with E-state index >= 15 is 0 Å². The van der Waals surface area contributed by atoms with Crippen LogP contribution < -0.4 is 5.73 Å². The van der Waals surface area contributed by atoms with Gasteiger partial charge in [0, 0.05) is 57.0 Å². The lowest BCUT2D eigenvalue weighted by Crippen LogP contribution is -2.53. The maximum atomic E-state index is 12.9. The Hall–Kier alpha value is -1.95. The second-order valence-corrected chi connectivity index (χ2v) is 9.05. The number of hydrogen-bond acceptors (Lipinski definition) is 4. The lowest BCUT2D eigenvalue weighted by molar-refractivity contribution is -0.145. The summed E-state index contributed by atoms with van der Waals surface area (Å²) in [5.74, 6) is 0.677. The molecular weight excluding hydrogens is 352 g/mol. The van der Waals surface area contributed by atoms with E-state index in [0.717, 1.165) is 70.1 Å². The third kappa shape index (κ3) is 4.22. The summed E-state index contributed by atoms with van der Waals surface area (Å²) < 4.78 is 0. The molecule has 3 aliphatic rings. The molecule has 3 heterocycles. The largest absolute Gasteiger partial charge is 0.342 e. The van der Waals surface area contributed by atoms with Crippen molar-refractivity contribution in [2.45, 2.75) is 64.0 Å². The molecule has 152 valence electrons. The first-order chi connectivity index (χ1) is 13.5. The summed E-state index contributed by atoms with van der Waals surface area (Å²) in [4.78, 5) is 33.5. The van der Waals surface area contributed by atoms with Crippen molar-refractivity contribution in [1.29, 1.82) is 0 Å². The fourth-order valence-corrected chi connectivity index (χ4v) is 5.27. The van der Waals surface area contributed by atoms with Crippen molar-refractivity contribution < 1.29 is 9.59 Å². The van der Waals surface area contributed by atoms with Crippen molar-refractivity contribution >= 4 is 11.8 Å². The number of nitrogens with two attached hydrogens (primary N) is 1. The normalized spacial score (nSPS) is 27.8. The van der Waals surface area contributed by atoms with Gasteiger partial charge >= 0.3 is 0 Å². The van der Waals surface area contributed by atoms with Crippen molar-refractivity contribution in [2.75, 3.05) is 19.6 Å². The van der Waals surface area contributed by atoms with Crippen LogP contribution in [0.3, 0.4) is 0 Å². The minimum Gasteiger partial charge on any atom is -0.342 e. The average molecular weight is 385 g/mol. The molecule has 2 saturated heterocycles. The summed E-state index contributed by atoms with van der Waals surface area (Å²) >= 11 is 0. The minimum atomic E-state index is 0.119. The highest BCUT2D eigenvalue weighted by molar-refractivity contribution is 5.79. The molecule has 0 unspecified atom stereocenters. The van der Waals surface area contributed by atoms with E-state index in [2.05, 4.69) is 9.88 Å². The molecule has 0 aromatic carbocycles. The molecule has 1 saturated carbocycles. The zero-order valence-corrected chi connectivity index (χ0v) is 16.7. The van der Waals surface area contributed by atoms with Crippen LogP contribution in [0.2, 0.25) is 0 Å². The van der Waals surface area contributed by atoms with Gasteiger partial charge in [-0.15, -0.1) is 0 Å². The van der Waals surface area contributed by atoms with Crippen molar-refractivity contribution in [3.05, 3.63) is 30.1 Å². The van der Waals surface area contributed by atoms with Gasteiger partial charge in [0.25, 0.3) is 0 Å². The number of aromatic nitrogens is 1. The molecule has 2 amide bonds. The Kier molecular flexibility index (Phi) is 5.67. The highest BCUT2D eigenvalue weighted by atomic mass is 16.2. The van der Waals surface area contributed by atoms with Crippen molar-refractivity contribution in [1.82, 2.24) is 14.8 Å². The van der Waals surface area contributed by atoms with Gasteiger partial charge in [-0.2, -0.15) is 0 Å². The molecule has 2 N–H and O–H groups in total. The number of hydrogen-bond donors (Lipinski definition) is 1. The van der Waals surface area contributed by atoms with Gasteiger partial charge in [-0.3, -0.25) is 14.6 Å². The van der Waals surface area contributed by atoms with E-state index in [1.54, 1.807) is 12.4 Å². The number of carbonyl (C=O) groups is 2. The van der Waals surface area contributed by atoms with Gasteiger partial charge in [0.1, 0.15) is 0 Å². The molecule has 6 heteroatoms. The molecule has 6 nitrogen and oxygen atoms in total. The van der Waals surface area contributed by atoms with Gasteiger partial charge in [-0.1, -0.05) is 6.42 Å². The maximum Gasteiger partial charge on any atom is 0.225 e. The third-order valence-corrected chi connectivity index (χ3v) is 7.07. The quantitative estimate of drug-likeness (QED) is 0.867. The molecular formula is C22H32N4O2. The predicted octanol–water partition coefficient (Wildman–Crippen LogP) is 2.33. The minimum absolute atomic E-state index is 0.119. The fourth-order valence-electron chi connectivity index (χ4n) is 5.27. The summed E-state index contributed by atoms with van der Waals surface area (Å²) in [5, 5.41) is 0. The lowest BCUT2D eigenvalue weighted by Gasteiger charge is -2.48. The molecule has 1 aromatic heterocycles. The van der Waals surface area contributed by atoms with Gasteiger partial charge in [0.05, 0.1) is 0 Å². The van der Waals surface area contributed by atoms with Gasteiger partial charge in [-0.25, -0.2) is 0 Å². The average Bonchev–Trinajstić information content (AvgIpc) is 2.72. The highest BCUT2D eigenvalue weighted by Gasteiger charge is 2.42. The number of rotatable bonds is 3. The monoisotopic (exact) mass is 384 g/mol. The molecule has 0 bridgehead atoms. The zero-order chi connectivity index (χ0) is 19.6. The van der Waals surface area contributed by atoms with E-state index in [1.807, 2.05) is 17.0 Å². The summed E-state index contributed by atoms with van der Waals surface area (Å²) in [5.41, 5.74) is 7.38. The molecule has 2 atom stereocenters. The summed E-state index contributed by atoms with van der Waals surface area (Å²) in [6.07, 6.45) is 11.1. The van der Waals surface area contributed by atoms with E-state index in [9.17, 15) is 9.59 Å².